The number of aliphatic hydroxyl groups is 1. The Morgan fingerprint density at radius 1 is 1.33 bits per heavy atom. The fraction of sp³-hybridized carbons (Fsp3) is 0.727. The number of hydrogen-bond donors (Lipinski definition) is 2. The minimum Gasteiger partial charge on any atom is -0.393 e. The zero-order chi connectivity index (χ0) is 20.1. The van der Waals surface area contributed by atoms with E-state index in [1.807, 2.05) is 13.8 Å². The van der Waals surface area contributed by atoms with E-state index in [4.69, 9.17) is 0 Å². The molecule has 0 radical (unpaired) electrons. The summed E-state index contributed by atoms with van der Waals surface area (Å²) in [5, 5.41) is 10.9. The molecule has 4 aliphatic rings. The van der Waals surface area contributed by atoms with Crippen LogP contribution in [0.25, 0.3) is 0 Å². The molecule has 4 aliphatic carbocycles. The highest BCUT2D eigenvalue weighted by Crippen LogP contribution is 2.65. The highest BCUT2D eigenvalue weighted by atomic mass is 32.1. The van der Waals surface area contributed by atoms with Gasteiger partial charge in [-0.2, -0.15) is 0 Å². The van der Waals surface area contributed by atoms with Crippen molar-refractivity contribution in [2.75, 3.05) is 0 Å². The molecule has 27 heavy (non-hydrogen) atoms. The van der Waals surface area contributed by atoms with E-state index in [9.17, 15) is 19.1 Å². The van der Waals surface area contributed by atoms with Crippen LogP contribution in [-0.2, 0) is 9.59 Å². The van der Waals surface area contributed by atoms with Crippen LogP contribution in [0.1, 0.15) is 47.0 Å². The van der Waals surface area contributed by atoms with Crippen molar-refractivity contribution < 1.29 is 19.1 Å². The number of carbonyl (C=O) groups excluding carboxylic acids is 2. The highest BCUT2D eigenvalue weighted by molar-refractivity contribution is 7.96. The summed E-state index contributed by atoms with van der Waals surface area (Å²) in [4.78, 5) is 23.8. The smallest absolute Gasteiger partial charge is 0.189 e. The number of thiol groups is 1. The zero-order valence-corrected chi connectivity index (χ0v) is 17.5. The summed E-state index contributed by atoms with van der Waals surface area (Å²) in [5.41, 5.74) is 0.206. The standard InChI is InChI=1S/C20H25FO3S.C2H6/c1-9-5-14-13-7-15(21)12-6-10(22)3-4-11(12)17(13)16(23)8-20(14,2)18(9)19(24)25;1-2/h3-4,6,9,11,13-18,23H,5,7-8H2,1-2H3,(H,24,25);1-2H3/t9-,11?,13?,14?,15+,16?,17?,18?,20?;/m1./s1. The molecule has 0 amide bonds. The molecule has 3 fully saturated rings. The van der Waals surface area contributed by atoms with Gasteiger partial charge in [0.1, 0.15) is 6.17 Å². The van der Waals surface area contributed by atoms with Gasteiger partial charge in [0.25, 0.3) is 0 Å². The Morgan fingerprint density at radius 3 is 2.63 bits per heavy atom. The molecule has 0 aromatic carbocycles. The molecular formula is C22H31FO3S. The summed E-state index contributed by atoms with van der Waals surface area (Å²) in [7, 11) is 0. The molecule has 0 bridgehead atoms. The Hall–Kier alpha value is -0.940. The van der Waals surface area contributed by atoms with E-state index in [-0.39, 0.29) is 51.8 Å². The second-order valence-electron chi connectivity index (χ2n) is 8.79. The van der Waals surface area contributed by atoms with E-state index in [1.165, 1.54) is 12.2 Å². The number of fused-ring (bicyclic) bond motifs is 5. The van der Waals surface area contributed by atoms with Gasteiger partial charge in [-0.15, -0.1) is 12.6 Å². The lowest BCUT2D eigenvalue weighted by atomic mass is 9.50. The van der Waals surface area contributed by atoms with Gasteiger partial charge in [-0.3, -0.25) is 9.59 Å². The topological polar surface area (TPSA) is 54.4 Å². The molecule has 150 valence electrons. The number of ketones is 1. The number of aliphatic hydroxyl groups excluding tert-OH is 1. The molecule has 0 saturated heterocycles. The van der Waals surface area contributed by atoms with Crippen molar-refractivity contribution in [2.24, 2.45) is 40.9 Å². The van der Waals surface area contributed by atoms with E-state index in [0.717, 1.165) is 6.42 Å². The third kappa shape index (κ3) is 3.15. The number of halogens is 1. The number of hydrogen-bond acceptors (Lipinski definition) is 3. The molecule has 0 aliphatic heterocycles. The fourth-order valence-corrected chi connectivity index (χ4v) is 7.31. The second-order valence-corrected chi connectivity index (χ2v) is 9.23. The second kappa shape index (κ2) is 7.47. The van der Waals surface area contributed by atoms with Crippen molar-refractivity contribution in [3.05, 3.63) is 23.8 Å². The maximum Gasteiger partial charge on any atom is 0.189 e. The molecule has 7 unspecified atom stereocenters. The summed E-state index contributed by atoms with van der Waals surface area (Å²) in [5.74, 6) is -0.183. The van der Waals surface area contributed by atoms with E-state index in [1.54, 1.807) is 6.08 Å². The summed E-state index contributed by atoms with van der Waals surface area (Å²) >= 11 is 4.12. The molecule has 3 nitrogen and oxygen atoms in total. The first-order valence-electron chi connectivity index (χ1n) is 10.2. The largest absolute Gasteiger partial charge is 0.393 e. The Bertz CT molecular complexity index is 687. The number of alkyl halides is 1. The number of carbonyl (C=O) groups is 2. The van der Waals surface area contributed by atoms with Gasteiger partial charge in [-0.1, -0.05) is 33.8 Å². The van der Waals surface area contributed by atoms with Gasteiger partial charge in [-0.25, -0.2) is 4.39 Å². The number of rotatable bonds is 1. The first kappa shape index (κ1) is 20.8. The van der Waals surface area contributed by atoms with Crippen molar-refractivity contribution in [1.29, 1.82) is 0 Å². The van der Waals surface area contributed by atoms with Crippen molar-refractivity contribution in [3.63, 3.8) is 0 Å². The maximum atomic E-state index is 14.9. The summed E-state index contributed by atoms with van der Waals surface area (Å²) in [6.07, 6.45) is 4.73. The average Bonchev–Trinajstić information content (AvgIpc) is 2.87. The average molecular weight is 395 g/mol. The Morgan fingerprint density at radius 2 is 2.00 bits per heavy atom. The molecule has 1 N–H and O–H groups in total. The third-order valence-electron chi connectivity index (χ3n) is 7.54. The molecular weight excluding hydrogens is 363 g/mol. The highest BCUT2D eigenvalue weighted by Gasteiger charge is 2.63. The summed E-state index contributed by atoms with van der Waals surface area (Å²) in [6, 6.07) is 0. The molecule has 0 aromatic heterocycles. The first-order valence-corrected chi connectivity index (χ1v) is 10.7. The van der Waals surface area contributed by atoms with Crippen LogP contribution >= 0.6 is 12.6 Å². The SMILES string of the molecule is CC.C[C@@H]1CC2C3C[C@H](F)C4=CC(=O)C=CC4C3C(O)CC2(C)C1C(=O)S. The minimum absolute atomic E-state index is 0.0314. The van der Waals surface area contributed by atoms with Gasteiger partial charge >= 0.3 is 0 Å². The van der Waals surface area contributed by atoms with E-state index in [2.05, 4.69) is 26.5 Å². The molecule has 0 heterocycles. The molecule has 0 spiro atoms. The van der Waals surface area contributed by atoms with E-state index < -0.39 is 12.3 Å². The Labute approximate surface area is 166 Å². The van der Waals surface area contributed by atoms with E-state index >= 15 is 0 Å². The van der Waals surface area contributed by atoms with Crippen LogP contribution in [0.5, 0.6) is 0 Å². The third-order valence-corrected chi connectivity index (χ3v) is 7.82. The molecule has 3 saturated carbocycles. The normalized spacial score (nSPS) is 47.8. The molecule has 4 rings (SSSR count). The lowest BCUT2D eigenvalue weighted by molar-refractivity contribution is -0.130. The molecule has 0 aromatic rings. The van der Waals surface area contributed by atoms with Crippen LogP contribution in [0.2, 0.25) is 0 Å². The predicted molar refractivity (Wildman–Crippen MR) is 107 cm³/mol. The first-order chi connectivity index (χ1) is 12.7. The summed E-state index contributed by atoms with van der Waals surface area (Å²) < 4.78 is 14.9. The van der Waals surface area contributed by atoms with Crippen molar-refractivity contribution in [3.8, 4) is 0 Å². The van der Waals surface area contributed by atoms with Crippen LogP contribution in [0, 0.1) is 40.9 Å². The Balaban J connectivity index is 0.00000102. The van der Waals surface area contributed by atoms with Crippen LogP contribution < -0.4 is 0 Å². The van der Waals surface area contributed by atoms with Gasteiger partial charge in [0.15, 0.2) is 10.9 Å². The maximum absolute atomic E-state index is 14.9. The lowest BCUT2D eigenvalue weighted by Crippen LogP contribution is -2.54. The monoisotopic (exact) mass is 394 g/mol. The number of allylic oxidation sites excluding steroid dienone is 4. The zero-order valence-electron chi connectivity index (χ0n) is 16.6. The van der Waals surface area contributed by atoms with E-state index in [0.29, 0.717) is 18.4 Å². The van der Waals surface area contributed by atoms with Crippen LogP contribution in [0.4, 0.5) is 4.39 Å². The van der Waals surface area contributed by atoms with Crippen molar-refractivity contribution >= 4 is 23.5 Å². The quantitative estimate of drug-likeness (QED) is 0.657. The van der Waals surface area contributed by atoms with Gasteiger partial charge < -0.3 is 5.11 Å². The fourth-order valence-electron chi connectivity index (χ4n) is 6.76. The van der Waals surface area contributed by atoms with Crippen LogP contribution in [0.3, 0.4) is 0 Å². The lowest BCUT2D eigenvalue weighted by Gasteiger charge is -2.55. The predicted octanol–water partition coefficient (Wildman–Crippen LogP) is 4.17. The molecule has 5 heteroatoms. The minimum atomic E-state index is -1.14. The van der Waals surface area contributed by atoms with Crippen molar-refractivity contribution in [1.82, 2.24) is 0 Å². The van der Waals surface area contributed by atoms with Crippen LogP contribution in [0.15, 0.2) is 23.8 Å². The summed E-state index contributed by atoms with van der Waals surface area (Å²) in [6.45, 7) is 8.15. The van der Waals surface area contributed by atoms with Crippen molar-refractivity contribution in [2.45, 2.75) is 59.2 Å². The van der Waals surface area contributed by atoms with Crippen LogP contribution in [-0.4, -0.2) is 28.3 Å². The van der Waals surface area contributed by atoms with Gasteiger partial charge in [0, 0.05) is 11.8 Å². The van der Waals surface area contributed by atoms with Gasteiger partial charge in [0.2, 0.25) is 0 Å². The van der Waals surface area contributed by atoms with Gasteiger partial charge in [0.05, 0.1) is 6.10 Å². The molecule has 9 atom stereocenters. The Kier molecular flexibility index (Phi) is 5.75. The van der Waals surface area contributed by atoms with Gasteiger partial charge in [-0.05, 0) is 66.1 Å².